The predicted molar refractivity (Wildman–Crippen MR) is 99.9 cm³/mol. The molecule has 2 unspecified atom stereocenters. The largest absolute Gasteiger partial charge is 0.398 e. The summed E-state index contributed by atoms with van der Waals surface area (Å²) in [5.74, 6) is 0.135. The van der Waals surface area contributed by atoms with Gasteiger partial charge in [-0.25, -0.2) is 0 Å². The monoisotopic (exact) mass is 314 g/mol. The molecule has 2 aromatic rings. The Balaban J connectivity index is 1.98. The summed E-state index contributed by atoms with van der Waals surface area (Å²) in [6, 6.07) is 7.88. The van der Waals surface area contributed by atoms with Crippen molar-refractivity contribution in [3.8, 4) is 0 Å². The molecule has 0 spiro atoms. The Bertz CT molecular complexity index is 1040. The lowest BCUT2D eigenvalue weighted by Gasteiger charge is -2.37. The smallest absolute Gasteiger partial charge is 0.0508 e. The van der Waals surface area contributed by atoms with Crippen molar-refractivity contribution in [1.29, 1.82) is 0 Å². The SMILES string of the molecule is NC1=C2C3=C(C=CC2N)c2ccc(N)c4c(N)ccc(c24)C3C=C1. The molecule has 4 heteroatoms. The fourth-order valence-corrected chi connectivity index (χ4v) is 4.33. The summed E-state index contributed by atoms with van der Waals surface area (Å²) >= 11 is 0. The number of nitrogen functional groups attached to an aromatic ring is 2. The minimum absolute atomic E-state index is 0.135. The summed E-state index contributed by atoms with van der Waals surface area (Å²) in [4.78, 5) is 0. The Kier molecular flexibility index (Phi) is 2.41. The van der Waals surface area contributed by atoms with Crippen molar-refractivity contribution in [1.82, 2.24) is 0 Å². The molecule has 0 aromatic heterocycles. The molecule has 24 heavy (non-hydrogen) atoms. The zero-order valence-electron chi connectivity index (χ0n) is 13.1. The van der Waals surface area contributed by atoms with Crippen LogP contribution in [0.3, 0.4) is 0 Å². The molecule has 0 radical (unpaired) electrons. The molecule has 0 fully saturated rings. The zero-order valence-corrected chi connectivity index (χ0v) is 13.1. The quantitative estimate of drug-likeness (QED) is 0.561. The Morgan fingerprint density at radius 2 is 1.50 bits per heavy atom. The van der Waals surface area contributed by atoms with Crippen LogP contribution in [-0.2, 0) is 0 Å². The predicted octanol–water partition coefficient (Wildman–Crippen LogP) is 2.53. The number of allylic oxidation sites excluding steroid dienone is 4. The van der Waals surface area contributed by atoms with Crippen LogP contribution in [0.2, 0.25) is 0 Å². The van der Waals surface area contributed by atoms with Crippen LogP contribution >= 0.6 is 0 Å². The number of fused-ring (bicyclic) bond motifs is 2. The molecule has 0 amide bonds. The normalized spacial score (nSPS) is 23.9. The molecule has 5 rings (SSSR count). The van der Waals surface area contributed by atoms with E-state index in [0.29, 0.717) is 11.4 Å². The van der Waals surface area contributed by atoms with Crippen molar-refractivity contribution in [3.05, 3.63) is 76.5 Å². The molecule has 0 saturated heterocycles. The third-order valence-corrected chi connectivity index (χ3v) is 5.36. The second-order valence-electron chi connectivity index (χ2n) is 6.61. The highest BCUT2D eigenvalue weighted by Crippen LogP contribution is 2.52. The van der Waals surface area contributed by atoms with E-state index < -0.39 is 0 Å². The lowest BCUT2D eigenvalue weighted by Crippen LogP contribution is -2.31. The van der Waals surface area contributed by atoms with Gasteiger partial charge in [-0.05, 0) is 45.9 Å². The third-order valence-electron chi connectivity index (χ3n) is 5.36. The lowest BCUT2D eigenvalue weighted by atomic mass is 9.68. The average molecular weight is 314 g/mol. The lowest BCUT2D eigenvalue weighted by molar-refractivity contribution is 0.861. The fourth-order valence-electron chi connectivity index (χ4n) is 4.33. The van der Waals surface area contributed by atoms with E-state index in [9.17, 15) is 0 Å². The van der Waals surface area contributed by atoms with E-state index in [2.05, 4.69) is 24.3 Å². The molecule has 0 aliphatic heterocycles. The first kappa shape index (κ1) is 13.5. The Hall–Kier alpha value is -2.98. The maximum Gasteiger partial charge on any atom is 0.0508 e. The van der Waals surface area contributed by atoms with E-state index >= 15 is 0 Å². The van der Waals surface area contributed by atoms with Crippen LogP contribution < -0.4 is 22.9 Å². The van der Waals surface area contributed by atoms with Crippen LogP contribution in [0.1, 0.15) is 17.0 Å². The third kappa shape index (κ3) is 1.46. The van der Waals surface area contributed by atoms with Crippen LogP contribution in [0, 0.1) is 0 Å². The topological polar surface area (TPSA) is 104 Å². The maximum absolute atomic E-state index is 6.32. The van der Waals surface area contributed by atoms with Crippen molar-refractivity contribution in [2.75, 3.05) is 11.5 Å². The van der Waals surface area contributed by atoms with Crippen LogP contribution in [0.5, 0.6) is 0 Å². The van der Waals surface area contributed by atoms with Gasteiger partial charge < -0.3 is 22.9 Å². The Morgan fingerprint density at radius 1 is 0.750 bits per heavy atom. The first-order chi connectivity index (χ1) is 11.6. The van der Waals surface area contributed by atoms with Gasteiger partial charge >= 0.3 is 0 Å². The van der Waals surface area contributed by atoms with Crippen molar-refractivity contribution < 1.29 is 0 Å². The minimum Gasteiger partial charge on any atom is -0.398 e. The molecule has 118 valence electrons. The Morgan fingerprint density at radius 3 is 2.29 bits per heavy atom. The molecular weight excluding hydrogens is 296 g/mol. The molecule has 0 bridgehead atoms. The summed E-state index contributed by atoms with van der Waals surface area (Å²) in [6.07, 6.45) is 8.24. The number of rotatable bonds is 0. The highest BCUT2D eigenvalue weighted by molar-refractivity contribution is 6.12. The van der Waals surface area contributed by atoms with Crippen molar-refractivity contribution >= 4 is 27.7 Å². The van der Waals surface area contributed by atoms with E-state index in [1.54, 1.807) is 0 Å². The zero-order chi connectivity index (χ0) is 16.6. The molecule has 4 nitrogen and oxygen atoms in total. The van der Waals surface area contributed by atoms with Crippen molar-refractivity contribution in [2.24, 2.45) is 11.5 Å². The molecule has 3 aliphatic carbocycles. The molecule has 2 aromatic carbocycles. The minimum atomic E-state index is -0.171. The molecule has 8 N–H and O–H groups in total. The van der Waals surface area contributed by atoms with Gasteiger partial charge in [-0.1, -0.05) is 30.4 Å². The Labute approximate surface area is 139 Å². The van der Waals surface area contributed by atoms with Gasteiger partial charge in [0.15, 0.2) is 0 Å². The van der Waals surface area contributed by atoms with E-state index in [4.69, 9.17) is 22.9 Å². The first-order valence-electron chi connectivity index (χ1n) is 8.05. The highest BCUT2D eigenvalue weighted by atomic mass is 14.7. The van der Waals surface area contributed by atoms with Crippen LogP contribution in [0.25, 0.3) is 16.3 Å². The second-order valence-corrected chi connectivity index (χ2v) is 6.61. The van der Waals surface area contributed by atoms with Crippen LogP contribution in [0.15, 0.2) is 65.4 Å². The van der Waals surface area contributed by atoms with Gasteiger partial charge in [0.05, 0.1) is 6.04 Å². The molecule has 3 aliphatic rings. The average Bonchev–Trinajstić information content (AvgIpc) is 2.57. The number of benzene rings is 2. The molecular formula is C20H18N4. The fraction of sp³-hybridized carbons (Fsp3) is 0.100. The van der Waals surface area contributed by atoms with Gasteiger partial charge in [-0.15, -0.1) is 0 Å². The number of nitrogens with two attached hydrogens (primary N) is 4. The van der Waals surface area contributed by atoms with E-state index in [0.717, 1.165) is 27.6 Å². The summed E-state index contributed by atoms with van der Waals surface area (Å²) in [7, 11) is 0. The molecule has 2 atom stereocenters. The van der Waals surface area contributed by atoms with Gasteiger partial charge in [0, 0.05) is 33.9 Å². The molecule has 0 saturated carbocycles. The van der Waals surface area contributed by atoms with Gasteiger partial charge in [-0.3, -0.25) is 0 Å². The van der Waals surface area contributed by atoms with Crippen molar-refractivity contribution in [3.63, 3.8) is 0 Å². The van der Waals surface area contributed by atoms with Gasteiger partial charge in [-0.2, -0.15) is 0 Å². The number of anilines is 2. The van der Waals surface area contributed by atoms with Crippen LogP contribution in [0.4, 0.5) is 11.4 Å². The maximum atomic E-state index is 6.32. The second kappa shape index (κ2) is 4.30. The van der Waals surface area contributed by atoms with E-state index in [1.807, 2.05) is 24.3 Å². The summed E-state index contributed by atoms with van der Waals surface area (Å²) < 4.78 is 0. The summed E-state index contributed by atoms with van der Waals surface area (Å²) in [5, 5.41) is 2.08. The number of hydrogen-bond acceptors (Lipinski definition) is 4. The first-order valence-corrected chi connectivity index (χ1v) is 8.05. The summed E-state index contributed by atoms with van der Waals surface area (Å²) in [6.45, 7) is 0. The van der Waals surface area contributed by atoms with Crippen molar-refractivity contribution in [2.45, 2.75) is 12.0 Å². The van der Waals surface area contributed by atoms with E-state index in [-0.39, 0.29) is 12.0 Å². The highest BCUT2D eigenvalue weighted by Gasteiger charge is 2.35. The molecule has 0 heterocycles. The van der Waals surface area contributed by atoms with E-state index in [1.165, 1.54) is 16.7 Å². The number of hydrogen-bond donors (Lipinski definition) is 4. The van der Waals surface area contributed by atoms with Gasteiger partial charge in [0.1, 0.15) is 0 Å². The van der Waals surface area contributed by atoms with Gasteiger partial charge in [0.25, 0.3) is 0 Å². The van der Waals surface area contributed by atoms with Gasteiger partial charge in [0.2, 0.25) is 0 Å². The summed E-state index contributed by atoms with van der Waals surface area (Å²) in [5.41, 5.74) is 33.0. The standard InChI is InChI=1S/C20H18N4/c21-13-5-1-9-10-2-6-15(23)20-16(24)8-4-12(18(10)20)11-3-7-14(22)19(13)17(9)11/h1-9,14H,21-24H2. The van der Waals surface area contributed by atoms with Crippen LogP contribution in [-0.4, -0.2) is 6.04 Å².